The molecule has 0 saturated carbocycles. The number of nitrogens with zero attached hydrogens (tertiary/aromatic N) is 4. The van der Waals surface area contributed by atoms with E-state index in [4.69, 9.17) is 23.2 Å². The second-order valence-corrected chi connectivity index (χ2v) is 7.19. The van der Waals surface area contributed by atoms with E-state index in [2.05, 4.69) is 15.3 Å². The van der Waals surface area contributed by atoms with Gasteiger partial charge in [-0.25, -0.2) is 0 Å². The van der Waals surface area contributed by atoms with E-state index >= 15 is 0 Å². The lowest BCUT2D eigenvalue weighted by Gasteiger charge is -2.05. The van der Waals surface area contributed by atoms with Crippen LogP contribution < -0.4 is 0 Å². The van der Waals surface area contributed by atoms with Crippen LogP contribution in [0.15, 0.2) is 65.7 Å². The van der Waals surface area contributed by atoms with Crippen LogP contribution in [0.2, 0.25) is 10.0 Å². The maximum atomic E-state index is 6.22. The Labute approximate surface area is 158 Å². The molecule has 2 aromatic carbocycles. The molecule has 7 heteroatoms. The molecule has 0 fully saturated rings. The largest absolute Gasteiger partial charge is 0.192 e. The quantitative estimate of drug-likeness (QED) is 0.441. The van der Waals surface area contributed by atoms with Gasteiger partial charge in [-0.1, -0.05) is 53.2 Å². The molecule has 0 N–H and O–H groups in total. The minimum Gasteiger partial charge on any atom is -0.192 e. The molecule has 0 atom stereocenters. The first-order valence-electron chi connectivity index (χ1n) is 7.55. The van der Waals surface area contributed by atoms with Crippen molar-refractivity contribution in [1.29, 1.82) is 0 Å². The molecule has 0 unspecified atom stereocenters. The number of halogens is 2. The number of hydrogen-bond donors (Lipinski definition) is 0. The van der Waals surface area contributed by atoms with Crippen molar-refractivity contribution in [3.63, 3.8) is 0 Å². The van der Waals surface area contributed by atoms with Crippen molar-refractivity contribution >= 4 is 40.6 Å². The normalized spacial score (nSPS) is 11.1. The minimum atomic E-state index is 0.682. The van der Waals surface area contributed by atoms with Gasteiger partial charge in [0.25, 0.3) is 0 Å². The van der Waals surface area contributed by atoms with Crippen molar-refractivity contribution < 1.29 is 0 Å². The summed E-state index contributed by atoms with van der Waals surface area (Å²) in [7, 11) is 0. The van der Waals surface area contributed by atoms with Gasteiger partial charge in [-0.05, 0) is 48.0 Å². The van der Waals surface area contributed by atoms with E-state index in [0.29, 0.717) is 16.5 Å². The number of thioether (sulfide) groups is 1. The summed E-state index contributed by atoms with van der Waals surface area (Å²) in [5, 5.41) is 15.4. The standard InChI is InChI=1S/C18H12Cl2N4S/c19-14-7-5-12(6-8-14)18-22-21-16-9-10-17(23-24(16)18)25-11-13-3-1-2-4-15(13)20/h1-10H,11H2. The van der Waals surface area contributed by atoms with Crippen LogP contribution in [0.3, 0.4) is 0 Å². The molecule has 4 rings (SSSR count). The average Bonchev–Trinajstić information content (AvgIpc) is 3.05. The van der Waals surface area contributed by atoms with E-state index in [-0.39, 0.29) is 0 Å². The summed E-state index contributed by atoms with van der Waals surface area (Å²) >= 11 is 13.8. The Hall–Kier alpha value is -2.08. The first kappa shape index (κ1) is 16.4. The highest BCUT2D eigenvalue weighted by Crippen LogP contribution is 2.26. The smallest absolute Gasteiger partial charge is 0.185 e. The number of aromatic nitrogens is 4. The van der Waals surface area contributed by atoms with Gasteiger partial charge in [0.1, 0.15) is 5.03 Å². The van der Waals surface area contributed by atoms with Gasteiger partial charge in [0, 0.05) is 21.4 Å². The van der Waals surface area contributed by atoms with Crippen LogP contribution >= 0.6 is 35.0 Å². The van der Waals surface area contributed by atoms with E-state index in [1.54, 1.807) is 16.3 Å². The van der Waals surface area contributed by atoms with Gasteiger partial charge in [-0.2, -0.15) is 9.61 Å². The van der Waals surface area contributed by atoms with Gasteiger partial charge in [0.15, 0.2) is 11.5 Å². The third-order valence-corrected chi connectivity index (χ3v) is 5.26. The molecule has 124 valence electrons. The SMILES string of the molecule is Clc1ccc(-c2nnc3ccc(SCc4ccccc4Cl)nn23)cc1. The predicted molar refractivity (Wildman–Crippen MR) is 102 cm³/mol. The summed E-state index contributed by atoms with van der Waals surface area (Å²) in [6, 6.07) is 19.1. The molecule has 0 aliphatic carbocycles. The lowest BCUT2D eigenvalue weighted by molar-refractivity contribution is 0.860. The van der Waals surface area contributed by atoms with E-state index < -0.39 is 0 Å². The molecule has 0 aliphatic rings. The van der Waals surface area contributed by atoms with Gasteiger partial charge in [0.2, 0.25) is 0 Å². The highest BCUT2D eigenvalue weighted by molar-refractivity contribution is 7.98. The molecule has 0 saturated heterocycles. The summed E-state index contributed by atoms with van der Waals surface area (Å²) < 4.78 is 1.75. The van der Waals surface area contributed by atoms with Crippen molar-refractivity contribution in [3.8, 4) is 11.4 Å². The van der Waals surface area contributed by atoms with Gasteiger partial charge in [0.05, 0.1) is 0 Å². The zero-order chi connectivity index (χ0) is 17.2. The van der Waals surface area contributed by atoms with Gasteiger partial charge < -0.3 is 0 Å². The number of hydrogen-bond acceptors (Lipinski definition) is 4. The number of rotatable bonds is 4. The van der Waals surface area contributed by atoms with Crippen LogP contribution in [0.25, 0.3) is 17.0 Å². The summed E-state index contributed by atoms with van der Waals surface area (Å²) in [5.74, 6) is 1.43. The first-order chi connectivity index (χ1) is 12.2. The topological polar surface area (TPSA) is 43.1 Å². The van der Waals surface area contributed by atoms with Crippen molar-refractivity contribution in [2.24, 2.45) is 0 Å². The van der Waals surface area contributed by atoms with E-state index in [9.17, 15) is 0 Å². The summed E-state index contributed by atoms with van der Waals surface area (Å²) in [6.07, 6.45) is 0. The molecular weight excluding hydrogens is 375 g/mol. The molecule has 2 aromatic heterocycles. The zero-order valence-corrected chi connectivity index (χ0v) is 15.3. The second-order valence-electron chi connectivity index (χ2n) is 5.35. The Morgan fingerprint density at radius 3 is 2.48 bits per heavy atom. The van der Waals surface area contributed by atoms with Crippen LogP contribution in [0, 0.1) is 0 Å². The van der Waals surface area contributed by atoms with E-state index in [0.717, 1.165) is 26.9 Å². The average molecular weight is 387 g/mol. The molecule has 0 aliphatic heterocycles. The maximum Gasteiger partial charge on any atom is 0.185 e. The van der Waals surface area contributed by atoms with Crippen molar-refractivity contribution in [2.45, 2.75) is 10.8 Å². The molecule has 4 nitrogen and oxygen atoms in total. The van der Waals surface area contributed by atoms with Gasteiger partial charge in [-0.3, -0.25) is 0 Å². The Kier molecular flexibility index (Phi) is 4.61. The Bertz CT molecular complexity index is 1030. The van der Waals surface area contributed by atoms with Gasteiger partial charge >= 0.3 is 0 Å². The summed E-state index contributed by atoms with van der Waals surface area (Å²) in [5.41, 5.74) is 2.70. The summed E-state index contributed by atoms with van der Waals surface area (Å²) in [6.45, 7) is 0. The molecule has 0 spiro atoms. The Morgan fingerprint density at radius 1 is 0.880 bits per heavy atom. The maximum absolute atomic E-state index is 6.22. The summed E-state index contributed by atoms with van der Waals surface area (Å²) in [4.78, 5) is 0. The Morgan fingerprint density at radius 2 is 1.68 bits per heavy atom. The molecular formula is C18H12Cl2N4S. The fourth-order valence-corrected chi connectivity index (χ4v) is 3.66. The van der Waals surface area contributed by atoms with E-state index in [1.807, 2.05) is 60.7 Å². The van der Waals surface area contributed by atoms with Crippen molar-refractivity contribution in [3.05, 3.63) is 76.3 Å². The van der Waals surface area contributed by atoms with Crippen LogP contribution in [0.5, 0.6) is 0 Å². The molecule has 0 amide bonds. The fourth-order valence-electron chi connectivity index (χ4n) is 2.40. The third-order valence-electron chi connectivity index (χ3n) is 3.67. The zero-order valence-electron chi connectivity index (χ0n) is 12.9. The predicted octanol–water partition coefficient (Wildman–Crippen LogP) is 5.39. The Balaban J connectivity index is 1.64. The molecule has 25 heavy (non-hydrogen) atoms. The molecule has 0 bridgehead atoms. The molecule has 2 heterocycles. The first-order valence-corrected chi connectivity index (χ1v) is 9.29. The van der Waals surface area contributed by atoms with Crippen LogP contribution in [-0.2, 0) is 5.75 Å². The number of benzene rings is 2. The second kappa shape index (κ2) is 7.04. The van der Waals surface area contributed by atoms with Crippen molar-refractivity contribution in [2.75, 3.05) is 0 Å². The molecule has 0 radical (unpaired) electrons. The van der Waals surface area contributed by atoms with Gasteiger partial charge in [-0.15, -0.1) is 10.2 Å². The van der Waals surface area contributed by atoms with Crippen LogP contribution in [0.1, 0.15) is 5.56 Å². The lowest BCUT2D eigenvalue weighted by atomic mass is 10.2. The van der Waals surface area contributed by atoms with Crippen molar-refractivity contribution in [1.82, 2.24) is 19.8 Å². The number of fused-ring (bicyclic) bond motifs is 1. The third kappa shape index (κ3) is 3.49. The lowest BCUT2D eigenvalue weighted by Crippen LogP contribution is -1.96. The monoisotopic (exact) mass is 386 g/mol. The highest BCUT2D eigenvalue weighted by atomic mass is 35.5. The fraction of sp³-hybridized carbons (Fsp3) is 0.0556. The van der Waals surface area contributed by atoms with Crippen LogP contribution in [0.4, 0.5) is 0 Å². The minimum absolute atomic E-state index is 0.682. The highest BCUT2D eigenvalue weighted by Gasteiger charge is 2.10. The van der Waals surface area contributed by atoms with E-state index in [1.165, 1.54) is 0 Å². The van der Waals surface area contributed by atoms with Crippen LogP contribution in [-0.4, -0.2) is 19.8 Å². The molecule has 4 aromatic rings.